The van der Waals surface area contributed by atoms with Crippen molar-refractivity contribution in [2.45, 2.75) is 0 Å². The average molecular weight is 352 g/mol. The predicted octanol–water partition coefficient (Wildman–Crippen LogP) is 2.47. The first-order valence-corrected chi connectivity index (χ1v) is 7.54. The topological polar surface area (TPSA) is 109 Å². The smallest absolute Gasteiger partial charge is 0.331 e. The van der Waals surface area contributed by atoms with E-state index in [0.29, 0.717) is 16.8 Å². The maximum atomic E-state index is 11.8. The molecule has 0 spiro atoms. The molecule has 7 heteroatoms. The van der Waals surface area contributed by atoms with E-state index in [9.17, 15) is 14.7 Å². The van der Waals surface area contributed by atoms with Crippen molar-refractivity contribution in [2.75, 3.05) is 19.0 Å². The number of ether oxygens (including phenoxy) is 2. The van der Waals surface area contributed by atoms with Crippen LogP contribution < -0.4 is 10.1 Å². The summed E-state index contributed by atoms with van der Waals surface area (Å²) in [7, 11) is 1.42. The molecule has 0 atom stereocenters. The Morgan fingerprint density at radius 1 is 1.27 bits per heavy atom. The Bertz CT molecular complexity index is 884. The number of anilines is 1. The van der Waals surface area contributed by atoms with Crippen LogP contribution in [-0.4, -0.2) is 30.7 Å². The lowest BCUT2D eigenvalue weighted by Gasteiger charge is -2.06. The molecule has 1 amide bonds. The number of nitriles is 1. The predicted molar refractivity (Wildman–Crippen MR) is 94.4 cm³/mol. The number of carbonyl (C=O) groups is 2. The van der Waals surface area contributed by atoms with Gasteiger partial charge in [-0.15, -0.1) is 0 Å². The molecule has 0 heterocycles. The lowest BCUT2D eigenvalue weighted by Crippen LogP contribution is -2.20. The SMILES string of the molecule is COc1cc(C=CC(=O)OCC(=O)Nc2ccccc2C#N)ccc1O. The fourth-order valence-corrected chi connectivity index (χ4v) is 2.02. The number of para-hydroxylation sites is 1. The second-order valence-corrected chi connectivity index (χ2v) is 5.08. The van der Waals surface area contributed by atoms with Gasteiger partial charge in [-0.05, 0) is 35.9 Å². The van der Waals surface area contributed by atoms with Gasteiger partial charge in [0.25, 0.3) is 5.91 Å². The number of hydrogen-bond donors (Lipinski definition) is 2. The summed E-state index contributed by atoms with van der Waals surface area (Å²) in [5.41, 5.74) is 1.28. The van der Waals surface area contributed by atoms with E-state index in [1.54, 1.807) is 36.4 Å². The van der Waals surface area contributed by atoms with Crippen molar-refractivity contribution in [1.29, 1.82) is 5.26 Å². The summed E-state index contributed by atoms with van der Waals surface area (Å²) in [5, 5.41) is 21.0. The number of benzene rings is 2. The average Bonchev–Trinajstić information content (AvgIpc) is 2.66. The molecule has 7 nitrogen and oxygen atoms in total. The number of amides is 1. The van der Waals surface area contributed by atoms with Crippen molar-refractivity contribution in [2.24, 2.45) is 0 Å². The van der Waals surface area contributed by atoms with Crippen LogP contribution in [0.15, 0.2) is 48.5 Å². The van der Waals surface area contributed by atoms with Gasteiger partial charge in [-0.3, -0.25) is 4.79 Å². The number of carbonyl (C=O) groups excluding carboxylic acids is 2. The molecule has 132 valence electrons. The molecule has 0 radical (unpaired) electrons. The number of hydrogen-bond acceptors (Lipinski definition) is 6. The van der Waals surface area contributed by atoms with Gasteiger partial charge in [-0.2, -0.15) is 5.26 Å². The summed E-state index contributed by atoms with van der Waals surface area (Å²) >= 11 is 0. The van der Waals surface area contributed by atoms with Crippen molar-refractivity contribution < 1.29 is 24.2 Å². The molecule has 2 rings (SSSR count). The first-order chi connectivity index (χ1) is 12.5. The van der Waals surface area contributed by atoms with Crippen LogP contribution >= 0.6 is 0 Å². The van der Waals surface area contributed by atoms with E-state index < -0.39 is 18.5 Å². The summed E-state index contributed by atoms with van der Waals surface area (Å²) in [6.45, 7) is -0.484. The Labute approximate surface area is 150 Å². The third kappa shape index (κ3) is 5.11. The van der Waals surface area contributed by atoms with Gasteiger partial charge in [-0.1, -0.05) is 18.2 Å². The zero-order valence-corrected chi connectivity index (χ0v) is 13.9. The van der Waals surface area contributed by atoms with Crippen LogP contribution in [0.2, 0.25) is 0 Å². The molecule has 0 unspecified atom stereocenters. The number of phenolic OH excluding ortho intramolecular Hbond substituents is 1. The molecule has 2 aromatic carbocycles. The van der Waals surface area contributed by atoms with Gasteiger partial charge in [-0.25, -0.2) is 4.79 Å². The summed E-state index contributed by atoms with van der Waals surface area (Å²) < 4.78 is 9.82. The zero-order valence-electron chi connectivity index (χ0n) is 13.9. The largest absolute Gasteiger partial charge is 0.504 e. The zero-order chi connectivity index (χ0) is 18.9. The Morgan fingerprint density at radius 3 is 2.77 bits per heavy atom. The molecule has 2 N–H and O–H groups in total. The standard InChI is InChI=1S/C19H16N2O5/c1-25-17-10-13(6-8-16(17)22)7-9-19(24)26-12-18(23)21-15-5-3-2-4-14(15)11-20/h2-10,22H,12H2,1H3,(H,21,23). The molecular weight excluding hydrogens is 336 g/mol. The van der Waals surface area contributed by atoms with Crippen LogP contribution in [0.25, 0.3) is 6.08 Å². The summed E-state index contributed by atoms with van der Waals surface area (Å²) in [6.07, 6.45) is 2.62. The monoisotopic (exact) mass is 352 g/mol. The molecule has 0 aromatic heterocycles. The molecule has 0 aliphatic rings. The van der Waals surface area contributed by atoms with E-state index in [0.717, 1.165) is 6.08 Å². The summed E-state index contributed by atoms with van der Waals surface area (Å²) in [4.78, 5) is 23.5. The molecule has 0 saturated carbocycles. The molecular formula is C19H16N2O5. The van der Waals surface area contributed by atoms with Crippen LogP contribution in [0.5, 0.6) is 11.5 Å². The highest BCUT2D eigenvalue weighted by Crippen LogP contribution is 2.26. The van der Waals surface area contributed by atoms with Gasteiger partial charge < -0.3 is 19.9 Å². The lowest BCUT2D eigenvalue weighted by atomic mass is 10.2. The third-order valence-corrected chi connectivity index (χ3v) is 3.28. The van der Waals surface area contributed by atoms with Crippen LogP contribution in [0.3, 0.4) is 0 Å². The van der Waals surface area contributed by atoms with E-state index >= 15 is 0 Å². The fourth-order valence-electron chi connectivity index (χ4n) is 2.02. The maximum absolute atomic E-state index is 11.8. The van der Waals surface area contributed by atoms with Crippen LogP contribution in [0, 0.1) is 11.3 Å². The minimum Gasteiger partial charge on any atom is -0.504 e. The highest BCUT2D eigenvalue weighted by molar-refractivity contribution is 5.95. The van der Waals surface area contributed by atoms with Gasteiger partial charge in [0.05, 0.1) is 18.4 Å². The number of phenols is 1. The van der Waals surface area contributed by atoms with Crippen molar-refractivity contribution in [1.82, 2.24) is 0 Å². The molecule has 0 bridgehead atoms. The molecule has 0 saturated heterocycles. The number of rotatable bonds is 6. The first-order valence-electron chi connectivity index (χ1n) is 7.54. The van der Waals surface area contributed by atoms with E-state index in [1.165, 1.54) is 19.3 Å². The highest BCUT2D eigenvalue weighted by Gasteiger charge is 2.08. The van der Waals surface area contributed by atoms with Crippen molar-refractivity contribution in [3.8, 4) is 17.6 Å². The Hall–Kier alpha value is -3.79. The van der Waals surface area contributed by atoms with E-state index in [1.807, 2.05) is 6.07 Å². The molecule has 0 fully saturated rings. The first kappa shape index (κ1) is 18.5. The second kappa shape index (κ2) is 8.89. The Balaban J connectivity index is 1.88. The second-order valence-electron chi connectivity index (χ2n) is 5.08. The van der Waals surface area contributed by atoms with Gasteiger partial charge in [0.2, 0.25) is 0 Å². The van der Waals surface area contributed by atoms with E-state index in [4.69, 9.17) is 14.7 Å². The molecule has 0 aliphatic heterocycles. The van der Waals surface area contributed by atoms with Gasteiger partial charge in [0.15, 0.2) is 18.1 Å². The Morgan fingerprint density at radius 2 is 2.04 bits per heavy atom. The minimum atomic E-state index is -0.708. The molecule has 2 aromatic rings. The van der Waals surface area contributed by atoms with Gasteiger partial charge in [0.1, 0.15) is 6.07 Å². The Kier molecular flexibility index (Phi) is 6.34. The highest BCUT2D eigenvalue weighted by atomic mass is 16.5. The molecule has 26 heavy (non-hydrogen) atoms. The van der Waals surface area contributed by atoms with Crippen LogP contribution in [0.4, 0.5) is 5.69 Å². The third-order valence-electron chi connectivity index (χ3n) is 3.28. The van der Waals surface area contributed by atoms with Gasteiger partial charge >= 0.3 is 5.97 Å². The van der Waals surface area contributed by atoms with E-state index in [2.05, 4.69) is 5.32 Å². The normalized spacial score (nSPS) is 10.2. The molecule has 0 aliphatic carbocycles. The van der Waals surface area contributed by atoms with Crippen LogP contribution in [0.1, 0.15) is 11.1 Å². The quantitative estimate of drug-likeness (QED) is 0.611. The minimum absolute atomic E-state index is 0.0125. The van der Waals surface area contributed by atoms with Crippen molar-refractivity contribution in [3.63, 3.8) is 0 Å². The van der Waals surface area contributed by atoms with E-state index in [-0.39, 0.29) is 11.5 Å². The number of esters is 1. The summed E-state index contributed by atoms with van der Waals surface area (Å²) in [6, 6.07) is 13.0. The number of nitrogens with zero attached hydrogens (tertiary/aromatic N) is 1. The number of nitrogens with one attached hydrogen (secondary N) is 1. The number of aromatic hydroxyl groups is 1. The fraction of sp³-hybridized carbons (Fsp3) is 0.105. The van der Waals surface area contributed by atoms with Crippen molar-refractivity contribution in [3.05, 3.63) is 59.7 Å². The lowest BCUT2D eigenvalue weighted by molar-refractivity contribution is -0.142. The number of methoxy groups -OCH3 is 1. The van der Waals surface area contributed by atoms with Crippen molar-refractivity contribution >= 4 is 23.6 Å². The van der Waals surface area contributed by atoms with Gasteiger partial charge in [0, 0.05) is 6.08 Å². The van der Waals surface area contributed by atoms with Crippen LogP contribution in [-0.2, 0) is 14.3 Å². The summed E-state index contributed by atoms with van der Waals surface area (Å²) in [5.74, 6) is -1.00. The maximum Gasteiger partial charge on any atom is 0.331 e.